The summed E-state index contributed by atoms with van der Waals surface area (Å²) in [4.78, 5) is 27.6. The SMILES string of the molecule is Cc1c(NC(=O)C2CCCN2)c[nH]c1/C=C1\C(=O)Nc2ccc(F)cc21. The van der Waals surface area contributed by atoms with Crippen LogP contribution in [0, 0.1) is 12.7 Å². The Morgan fingerprint density at radius 1 is 1.38 bits per heavy atom. The van der Waals surface area contributed by atoms with Crippen LogP contribution in [0.4, 0.5) is 15.8 Å². The van der Waals surface area contributed by atoms with Crippen LogP contribution in [0.5, 0.6) is 0 Å². The van der Waals surface area contributed by atoms with Gasteiger partial charge in [-0.2, -0.15) is 0 Å². The lowest BCUT2D eigenvalue weighted by Crippen LogP contribution is -2.35. The zero-order valence-electron chi connectivity index (χ0n) is 14.3. The van der Waals surface area contributed by atoms with Gasteiger partial charge in [0.25, 0.3) is 5.91 Å². The summed E-state index contributed by atoms with van der Waals surface area (Å²) in [6, 6.07) is 4.03. The van der Waals surface area contributed by atoms with Crippen molar-refractivity contribution >= 4 is 34.8 Å². The second kappa shape index (κ2) is 6.42. The molecule has 6 nitrogen and oxygen atoms in total. The van der Waals surface area contributed by atoms with Gasteiger partial charge in [0, 0.05) is 23.1 Å². The van der Waals surface area contributed by atoms with Crippen LogP contribution in [0.1, 0.15) is 29.7 Å². The normalized spacial score (nSPS) is 20.3. The van der Waals surface area contributed by atoms with E-state index in [1.165, 1.54) is 12.1 Å². The maximum Gasteiger partial charge on any atom is 0.256 e. The quantitative estimate of drug-likeness (QED) is 0.639. The molecular weight excluding hydrogens is 335 g/mol. The Balaban J connectivity index is 1.61. The van der Waals surface area contributed by atoms with Crippen molar-refractivity contribution in [1.82, 2.24) is 10.3 Å². The third-order valence-corrected chi connectivity index (χ3v) is 4.87. The highest BCUT2D eigenvalue weighted by Crippen LogP contribution is 2.34. The van der Waals surface area contributed by atoms with Crippen LogP contribution in [0.15, 0.2) is 24.4 Å². The molecule has 134 valence electrons. The molecule has 1 fully saturated rings. The molecule has 3 heterocycles. The number of fused-ring (bicyclic) bond motifs is 1. The Morgan fingerprint density at radius 2 is 2.23 bits per heavy atom. The van der Waals surface area contributed by atoms with Crippen molar-refractivity contribution in [2.45, 2.75) is 25.8 Å². The van der Waals surface area contributed by atoms with Crippen LogP contribution in [0.3, 0.4) is 0 Å². The summed E-state index contributed by atoms with van der Waals surface area (Å²) in [5.74, 6) is -0.735. The van der Waals surface area contributed by atoms with Crippen molar-refractivity contribution in [2.75, 3.05) is 17.2 Å². The van der Waals surface area contributed by atoms with E-state index in [1.807, 2.05) is 6.92 Å². The molecule has 2 aromatic rings. The van der Waals surface area contributed by atoms with E-state index in [1.54, 1.807) is 18.3 Å². The van der Waals surface area contributed by atoms with E-state index in [9.17, 15) is 14.0 Å². The third kappa shape index (κ3) is 2.90. The van der Waals surface area contributed by atoms with Crippen molar-refractivity contribution in [3.63, 3.8) is 0 Å². The van der Waals surface area contributed by atoms with Gasteiger partial charge in [-0.05, 0) is 56.1 Å². The summed E-state index contributed by atoms with van der Waals surface area (Å²) < 4.78 is 13.5. The van der Waals surface area contributed by atoms with Crippen molar-refractivity contribution in [2.24, 2.45) is 0 Å². The Hall–Kier alpha value is -2.93. The number of H-pyrrole nitrogens is 1. The molecule has 1 atom stereocenters. The smallest absolute Gasteiger partial charge is 0.256 e. The maximum atomic E-state index is 13.5. The lowest BCUT2D eigenvalue weighted by molar-refractivity contribution is -0.117. The Labute approximate surface area is 149 Å². The van der Waals surface area contributed by atoms with Gasteiger partial charge in [-0.25, -0.2) is 4.39 Å². The van der Waals surface area contributed by atoms with Crippen LogP contribution >= 0.6 is 0 Å². The Bertz CT molecular complexity index is 926. The molecule has 0 radical (unpaired) electrons. The number of benzene rings is 1. The van der Waals surface area contributed by atoms with Crippen LogP contribution in [-0.2, 0) is 9.59 Å². The van der Waals surface area contributed by atoms with Crippen LogP contribution in [0.2, 0.25) is 0 Å². The van der Waals surface area contributed by atoms with E-state index in [-0.39, 0.29) is 17.9 Å². The number of halogens is 1. The highest BCUT2D eigenvalue weighted by Gasteiger charge is 2.26. The number of rotatable bonds is 3. The highest BCUT2D eigenvalue weighted by atomic mass is 19.1. The number of aromatic nitrogens is 1. The molecule has 0 saturated carbocycles. The van der Waals surface area contributed by atoms with Gasteiger partial charge in [0.15, 0.2) is 0 Å². The minimum atomic E-state index is -0.397. The summed E-state index contributed by atoms with van der Waals surface area (Å²) >= 11 is 0. The molecule has 0 aliphatic carbocycles. The molecule has 1 aromatic carbocycles. The van der Waals surface area contributed by atoms with Crippen molar-refractivity contribution in [1.29, 1.82) is 0 Å². The molecule has 1 unspecified atom stereocenters. The van der Waals surface area contributed by atoms with Gasteiger partial charge in [0.05, 0.1) is 17.3 Å². The average Bonchev–Trinajstić information content (AvgIpc) is 3.32. The molecule has 2 aliphatic rings. The predicted octanol–water partition coefficient (Wildman–Crippen LogP) is 2.65. The minimum absolute atomic E-state index is 0.0603. The maximum absolute atomic E-state index is 13.5. The number of carbonyl (C=O) groups excluding carboxylic acids is 2. The van der Waals surface area contributed by atoms with E-state index in [2.05, 4.69) is 20.9 Å². The molecule has 7 heteroatoms. The molecule has 0 bridgehead atoms. The van der Waals surface area contributed by atoms with Crippen LogP contribution in [0.25, 0.3) is 11.6 Å². The third-order valence-electron chi connectivity index (χ3n) is 4.87. The molecule has 0 spiro atoms. The lowest BCUT2D eigenvalue weighted by atomic mass is 10.0. The number of amides is 2. The lowest BCUT2D eigenvalue weighted by Gasteiger charge is -2.10. The van der Waals surface area contributed by atoms with Gasteiger partial charge in [-0.15, -0.1) is 0 Å². The standard InChI is InChI=1S/C19H19FN4O2/c1-10-16(22-9-17(10)24-19(26)15-3-2-6-21-15)8-13-12-7-11(20)4-5-14(12)23-18(13)25/h4-5,7-9,15,21-22H,2-3,6H2,1H3,(H,23,25)(H,24,26)/b13-8-. The number of aromatic amines is 1. The van der Waals surface area contributed by atoms with Crippen LogP contribution < -0.4 is 16.0 Å². The zero-order chi connectivity index (χ0) is 18.3. The van der Waals surface area contributed by atoms with Gasteiger partial charge in [-0.3, -0.25) is 9.59 Å². The molecule has 4 rings (SSSR count). The second-order valence-corrected chi connectivity index (χ2v) is 6.58. The van der Waals surface area contributed by atoms with Crippen LogP contribution in [-0.4, -0.2) is 29.4 Å². The van der Waals surface area contributed by atoms with Gasteiger partial charge >= 0.3 is 0 Å². The van der Waals surface area contributed by atoms with Crippen molar-refractivity contribution in [3.05, 3.63) is 47.0 Å². The largest absolute Gasteiger partial charge is 0.360 e. The van der Waals surface area contributed by atoms with E-state index >= 15 is 0 Å². The number of hydrogen-bond acceptors (Lipinski definition) is 3. The van der Waals surface area contributed by atoms with Gasteiger partial charge < -0.3 is 20.9 Å². The molecule has 1 aromatic heterocycles. The first-order chi connectivity index (χ1) is 12.5. The summed E-state index contributed by atoms with van der Waals surface area (Å²) in [7, 11) is 0. The first-order valence-corrected chi connectivity index (χ1v) is 8.58. The average molecular weight is 354 g/mol. The summed E-state index contributed by atoms with van der Waals surface area (Å²) in [5, 5.41) is 8.80. The van der Waals surface area contributed by atoms with Gasteiger partial charge in [0.1, 0.15) is 5.82 Å². The van der Waals surface area contributed by atoms with Crippen molar-refractivity contribution < 1.29 is 14.0 Å². The summed E-state index contributed by atoms with van der Waals surface area (Å²) in [6.45, 7) is 2.71. The first-order valence-electron chi connectivity index (χ1n) is 8.58. The fourth-order valence-electron chi connectivity index (χ4n) is 3.37. The molecule has 2 amide bonds. The molecular formula is C19H19FN4O2. The second-order valence-electron chi connectivity index (χ2n) is 6.58. The van der Waals surface area contributed by atoms with Gasteiger partial charge in [-0.1, -0.05) is 0 Å². The number of carbonyl (C=O) groups is 2. The molecule has 2 aliphatic heterocycles. The topological polar surface area (TPSA) is 86.0 Å². The number of hydrogen-bond donors (Lipinski definition) is 4. The summed E-state index contributed by atoms with van der Waals surface area (Å²) in [5.41, 5.74) is 3.70. The highest BCUT2D eigenvalue weighted by molar-refractivity contribution is 6.34. The first kappa shape index (κ1) is 16.5. The van der Waals surface area contributed by atoms with Gasteiger partial charge in [0.2, 0.25) is 5.91 Å². The fraction of sp³-hybridized carbons (Fsp3) is 0.263. The zero-order valence-corrected chi connectivity index (χ0v) is 14.3. The van der Waals surface area contributed by atoms with E-state index in [4.69, 9.17) is 0 Å². The van der Waals surface area contributed by atoms with E-state index in [0.29, 0.717) is 28.2 Å². The fourth-order valence-corrected chi connectivity index (χ4v) is 3.37. The number of anilines is 2. The van der Waals surface area contributed by atoms with Crippen molar-refractivity contribution in [3.8, 4) is 0 Å². The monoisotopic (exact) mass is 354 g/mol. The van der Waals surface area contributed by atoms with E-state index < -0.39 is 5.82 Å². The minimum Gasteiger partial charge on any atom is -0.360 e. The predicted molar refractivity (Wildman–Crippen MR) is 98.1 cm³/mol. The number of nitrogens with one attached hydrogen (secondary N) is 4. The molecule has 26 heavy (non-hydrogen) atoms. The Kier molecular flexibility index (Phi) is 4.08. The molecule has 1 saturated heterocycles. The van der Waals surface area contributed by atoms with E-state index in [0.717, 1.165) is 24.9 Å². The summed E-state index contributed by atoms with van der Waals surface area (Å²) in [6.07, 6.45) is 5.20. The molecule has 4 N–H and O–H groups in total. The Morgan fingerprint density at radius 3 is 3.00 bits per heavy atom.